The van der Waals surface area contributed by atoms with Crippen molar-refractivity contribution in [3.63, 3.8) is 0 Å². The van der Waals surface area contributed by atoms with E-state index in [9.17, 15) is 13.2 Å². The van der Waals surface area contributed by atoms with Gasteiger partial charge in [0.15, 0.2) is 0 Å². The van der Waals surface area contributed by atoms with Gasteiger partial charge in [-0.05, 0) is 17.5 Å². The molecule has 0 saturated carbocycles. The second-order valence-corrected chi connectivity index (χ2v) is 6.91. The molecular formula is C14H23N3O3S. The molecule has 1 rings (SSSR count). The molecule has 0 atom stereocenters. The van der Waals surface area contributed by atoms with Gasteiger partial charge in [0.1, 0.15) is 0 Å². The van der Waals surface area contributed by atoms with Gasteiger partial charge in [0.05, 0.1) is 12.3 Å². The lowest BCUT2D eigenvalue weighted by molar-refractivity contribution is -0.121. The smallest absolute Gasteiger partial charge is 0.235 e. The van der Waals surface area contributed by atoms with Gasteiger partial charge in [0.25, 0.3) is 0 Å². The maximum Gasteiger partial charge on any atom is 0.235 e. The summed E-state index contributed by atoms with van der Waals surface area (Å²) < 4.78 is 25.6. The topological polar surface area (TPSA) is 92.5 Å². The van der Waals surface area contributed by atoms with E-state index < -0.39 is 10.0 Å². The average Bonchev–Trinajstić information content (AvgIpc) is 2.45. The highest BCUT2D eigenvalue weighted by molar-refractivity contribution is 7.88. The Hall–Kier alpha value is -1.44. The van der Waals surface area contributed by atoms with E-state index in [1.54, 1.807) is 18.2 Å². The first-order chi connectivity index (χ1) is 9.90. The van der Waals surface area contributed by atoms with Crippen LogP contribution >= 0.6 is 0 Å². The van der Waals surface area contributed by atoms with Crippen molar-refractivity contribution < 1.29 is 13.2 Å². The van der Waals surface area contributed by atoms with Crippen LogP contribution in [-0.4, -0.2) is 38.8 Å². The molecule has 0 spiro atoms. The molecule has 0 aliphatic carbocycles. The fourth-order valence-electron chi connectivity index (χ4n) is 1.83. The molecule has 118 valence electrons. The van der Waals surface area contributed by atoms with Crippen molar-refractivity contribution >= 4 is 15.9 Å². The van der Waals surface area contributed by atoms with Gasteiger partial charge in [0.2, 0.25) is 15.9 Å². The number of benzene rings is 1. The monoisotopic (exact) mass is 313 g/mol. The van der Waals surface area contributed by atoms with Crippen LogP contribution in [0.25, 0.3) is 0 Å². The van der Waals surface area contributed by atoms with E-state index >= 15 is 0 Å². The number of hydrogen-bond donors (Lipinski definition) is 2. The number of nitrogens with two attached hydrogens (primary N) is 1. The van der Waals surface area contributed by atoms with Crippen LogP contribution in [0.1, 0.15) is 24.5 Å². The average molecular weight is 313 g/mol. The molecule has 1 aromatic rings. The summed E-state index contributed by atoms with van der Waals surface area (Å²) >= 11 is 0. The molecule has 0 aliphatic heterocycles. The minimum Gasteiger partial charge on any atom is -0.355 e. The molecule has 21 heavy (non-hydrogen) atoms. The zero-order valence-electron chi connectivity index (χ0n) is 12.5. The van der Waals surface area contributed by atoms with Crippen LogP contribution in [0.4, 0.5) is 0 Å². The number of nitrogens with zero attached hydrogens (tertiary/aromatic N) is 1. The van der Waals surface area contributed by atoms with Gasteiger partial charge in [-0.2, -0.15) is 4.31 Å². The Morgan fingerprint density at radius 1 is 1.29 bits per heavy atom. The number of hydrogen-bond acceptors (Lipinski definition) is 4. The summed E-state index contributed by atoms with van der Waals surface area (Å²) in [4.78, 5) is 11.6. The first-order valence-corrected chi connectivity index (χ1v) is 8.49. The normalized spacial score (nSPS) is 11.6. The number of carbonyl (C=O) groups is 1. The second kappa shape index (κ2) is 8.11. The van der Waals surface area contributed by atoms with Crippen molar-refractivity contribution in [2.45, 2.75) is 25.6 Å². The SMILES string of the molecule is CCCNC(=O)CN(C)S(=O)(=O)Cc1ccccc1CN. The zero-order valence-corrected chi connectivity index (χ0v) is 13.3. The Labute approximate surface area is 126 Å². The molecule has 0 bridgehead atoms. The summed E-state index contributed by atoms with van der Waals surface area (Å²) in [5.74, 6) is -0.451. The van der Waals surface area contributed by atoms with Gasteiger partial charge in [-0.1, -0.05) is 31.2 Å². The predicted octanol–water partition coefficient (Wildman–Crippen LogP) is 0.433. The first-order valence-electron chi connectivity index (χ1n) is 6.88. The molecule has 6 nitrogen and oxygen atoms in total. The number of amides is 1. The van der Waals surface area contributed by atoms with Crippen LogP contribution in [0, 0.1) is 0 Å². The fourth-order valence-corrected chi connectivity index (χ4v) is 3.03. The van der Waals surface area contributed by atoms with Crippen LogP contribution in [0.2, 0.25) is 0 Å². The van der Waals surface area contributed by atoms with Crippen molar-refractivity contribution in [2.24, 2.45) is 5.73 Å². The van der Waals surface area contributed by atoms with Crippen LogP contribution < -0.4 is 11.1 Å². The quantitative estimate of drug-likeness (QED) is 0.728. The highest BCUT2D eigenvalue weighted by Gasteiger charge is 2.21. The molecular weight excluding hydrogens is 290 g/mol. The Kier molecular flexibility index (Phi) is 6.80. The number of rotatable bonds is 8. The van der Waals surface area contributed by atoms with Crippen molar-refractivity contribution in [3.05, 3.63) is 35.4 Å². The van der Waals surface area contributed by atoms with E-state index in [1.165, 1.54) is 7.05 Å². The van der Waals surface area contributed by atoms with Crippen LogP contribution in [0.3, 0.4) is 0 Å². The fraction of sp³-hybridized carbons (Fsp3) is 0.500. The highest BCUT2D eigenvalue weighted by Crippen LogP contribution is 2.14. The second-order valence-electron chi connectivity index (χ2n) is 4.84. The summed E-state index contributed by atoms with van der Waals surface area (Å²) in [5.41, 5.74) is 7.07. The van der Waals surface area contributed by atoms with Crippen molar-refractivity contribution in [3.8, 4) is 0 Å². The predicted molar refractivity (Wildman–Crippen MR) is 82.9 cm³/mol. The minimum atomic E-state index is -3.55. The van der Waals surface area contributed by atoms with Gasteiger partial charge in [-0.15, -0.1) is 0 Å². The number of likely N-dealkylation sites (N-methyl/N-ethyl adjacent to an activating group) is 1. The highest BCUT2D eigenvalue weighted by atomic mass is 32.2. The number of sulfonamides is 1. The first kappa shape index (κ1) is 17.6. The van der Waals surface area contributed by atoms with Crippen molar-refractivity contribution in [1.29, 1.82) is 0 Å². The summed E-state index contributed by atoms with van der Waals surface area (Å²) in [5, 5.41) is 2.66. The molecule has 0 aromatic heterocycles. The zero-order chi connectivity index (χ0) is 15.9. The lowest BCUT2D eigenvalue weighted by atomic mass is 10.1. The molecule has 1 aromatic carbocycles. The standard InChI is InChI=1S/C14H23N3O3S/c1-3-8-16-14(18)10-17(2)21(19,20)11-13-7-5-4-6-12(13)9-15/h4-7H,3,8-11,15H2,1-2H3,(H,16,18). The molecule has 0 saturated heterocycles. The van der Waals surface area contributed by atoms with E-state index in [-0.39, 0.29) is 24.7 Å². The van der Waals surface area contributed by atoms with Gasteiger partial charge < -0.3 is 11.1 Å². The van der Waals surface area contributed by atoms with Gasteiger partial charge in [-0.25, -0.2) is 8.42 Å². The molecule has 0 radical (unpaired) electrons. The largest absolute Gasteiger partial charge is 0.355 e. The van der Waals surface area contributed by atoms with Crippen molar-refractivity contribution in [1.82, 2.24) is 9.62 Å². The third kappa shape index (κ3) is 5.45. The molecule has 7 heteroatoms. The molecule has 0 unspecified atom stereocenters. The molecule has 1 amide bonds. The van der Waals surface area contributed by atoms with E-state index in [4.69, 9.17) is 5.73 Å². The minimum absolute atomic E-state index is 0.155. The third-order valence-corrected chi connectivity index (χ3v) is 4.84. The lowest BCUT2D eigenvalue weighted by Crippen LogP contribution is -2.39. The van der Waals surface area contributed by atoms with Gasteiger partial charge in [0, 0.05) is 20.1 Å². The Morgan fingerprint density at radius 2 is 1.90 bits per heavy atom. The maximum absolute atomic E-state index is 12.3. The molecule has 0 heterocycles. The molecule has 0 fully saturated rings. The number of carbonyl (C=O) groups excluding carboxylic acids is 1. The van der Waals surface area contributed by atoms with E-state index in [2.05, 4.69) is 5.32 Å². The van der Waals surface area contributed by atoms with Gasteiger partial charge >= 0.3 is 0 Å². The summed E-state index contributed by atoms with van der Waals surface area (Å²) in [6, 6.07) is 7.14. The van der Waals surface area contributed by atoms with Crippen LogP contribution in [-0.2, 0) is 27.1 Å². The lowest BCUT2D eigenvalue weighted by Gasteiger charge is -2.17. The van der Waals surface area contributed by atoms with Crippen LogP contribution in [0.5, 0.6) is 0 Å². The Balaban J connectivity index is 2.74. The Morgan fingerprint density at radius 3 is 2.48 bits per heavy atom. The number of nitrogens with one attached hydrogen (secondary N) is 1. The third-order valence-electron chi connectivity index (χ3n) is 3.09. The van der Waals surface area contributed by atoms with E-state index in [0.717, 1.165) is 16.3 Å². The Bertz CT molecular complexity index is 573. The van der Waals surface area contributed by atoms with E-state index in [1.807, 2.05) is 13.0 Å². The van der Waals surface area contributed by atoms with Gasteiger partial charge in [-0.3, -0.25) is 4.79 Å². The van der Waals surface area contributed by atoms with Crippen LogP contribution in [0.15, 0.2) is 24.3 Å². The summed E-state index contributed by atoms with van der Waals surface area (Å²) in [6.07, 6.45) is 0.812. The maximum atomic E-state index is 12.3. The molecule has 0 aliphatic rings. The molecule has 3 N–H and O–H groups in total. The van der Waals surface area contributed by atoms with Crippen molar-refractivity contribution in [2.75, 3.05) is 20.1 Å². The summed E-state index contributed by atoms with van der Waals surface area (Å²) in [7, 11) is -2.14. The summed E-state index contributed by atoms with van der Waals surface area (Å²) in [6.45, 7) is 2.59. The van der Waals surface area contributed by atoms with E-state index in [0.29, 0.717) is 12.1 Å².